The van der Waals surface area contributed by atoms with Crippen LogP contribution in [0.3, 0.4) is 0 Å². The summed E-state index contributed by atoms with van der Waals surface area (Å²) in [4.78, 5) is 11.9. The Kier molecular flexibility index (Phi) is 2.62. The Bertz CT molecular complexity index is 717. The smallest absolute Gasteiger partial charge is 0.113 e. The van der Waals surface area contributed by atoms with Crippen LogP contribution in [0.2, 0.25) is 0 Å². The number of nitrogens with one attached hydrogen (secondary N) is 1. The number of rotatable bonds is 2. The van der Waals surface area contributed by atoms with E-state index in [0.29, 0.717) is 5.92 Å². The molecule has 0 saturated carbocycles. The number of hydrogen-bond acceptors (Lipinski definition) is 2. The summed E-state index contributed by atoms with van der Waals surface area (Å²) in [6.07, 6.45) is 9.72. The van der Waals surface area contributed by atoms with E-state index in [1.165, 1.54) is 22.3 Å². The van der Waals surface area contributed by atoms with Crippen LogP contribution < -0.4 is 0 Å². The van der Waals surface area contributed by atoms with Gasteiger partial charge in [0.15, 0.2) is 0 Å². The number of aromatic nitrogens is 3. The number of aromatic amines is 1. The van der Waals surface area contributed by atoms with Gasteiger partial charge in [-0.2, -0.15) is 0 Å². The molecule has 0 saturated heterocycles. The van der Waals surface area contributed by atoms with E-state index in [-0.39, 0.29) is 0 Å². The summed E-state index contributed by atoms with van der Waals surface area (Å²) in [5.41, 5.74) is 5.36. The minimum Gasteiger partial charge on any atom is -0.348 e. The van der Waals surface area contributed by atoms with Crippen molar-refractivity contribution in [3.63, 3.8) is 0 Å². The van der Waals surface area contributed by atoms with Gasteiger partial charge in [0.2, 0.25) is 0 Å². The number of fused-ring (bicyclic) bond motifs is 1. The van der Waals surface area contributed by atoms with Crippen molar-refractivity contribution in [1.29, 1.82) is 0 Å². The van der Waals surface area contributed by atoms with Gasteiger partial charge in [0.25, 0.3) is 0 Å². The minimum atomic E-state index is 0.400. The van der Waals surface area contributed by atoms with Crippen LogP contribution in [-0.2, 0) is 6.42 Å². The minimum absolute atomic E-state index is 0.400. The fourth-order valence-electron chi connectivity index (χ4n) is 3.20. The molecule has 0 amide bonds. The summed E-state index contributed by atoms with van der Waals surface area (Å²) < 4.78 is 0. The van der Waals surface area contributed by atoms with Gasteiger partial charge in [-0.15, -0.1) is 0 Å². The van der Waals surface area contributed by atoms with Gasteiger partial charge in [0.1, 0.15) is 5.82 Å². The Morgan fingerprint density at radius 2 is 2.10 bits per heavy atom. The molecule has 1 aliphatic carbocycles. The van der Waals surface area contributed by atoms with Crippen molar-refractivity contribution in [2.45, 2.75) is 18.8 Å². The highest BCUT2D eigenvalue weighted by Crippen LogP contribution is 2.40. The van der Waals surface area contributed by atoms with Crippen LogP contribution >= 0.6 is 0 Å². The molecule has 4 rings (SSSR count). The highest BCUT2D eigenvalue weighted by molar-refractivity contribution is 5.69. The van der Waals surface area contributed by atoms with E-state index in [1.54, 1.807) is 0 Å². The molecule has 1 unspecified atom stereocenters. The van der Waals surface area contributed by atoms with Crippen molar-refractivity contribution in [1.82, 2.24) is 15.0 Å². The zero-order valence-corrected chi connectivity index (χ0v) is 11.1. The zero-order valence-electron chi connectivity index (χ0n) is 11.1. The van der Waals surface area contributed by atoms with Crippen LogP contribution in [0, 0.1) is 0 Å². The van der Waals surface area contributed by atoms with E-state index in [9.17, 15) is 0 Å². The van der Waals surface area contributed by atoms with E-state index in [4.69, 9.17) is 0 Å². The second kappa shape index (κ2) is 4.60. The normalized spacial score (nSPS) is 17.1. The molecular weight excluding hydrogens is 246 g/mol. The molecule has 2 heterocycles. The van der Waals surface area contributed by atoms with Gasteiger partial charge >= 0.3 is 0 Å². The summed E-state index contributed by atoms with van der Waals surface area (Å²) in [6, 6.07) is 10.7. The van der Waals surface area contributed by atoms with E-state index in [0.717, 1.165) is 18.7 Å². The molecule has 1 atom stereocenters. The van der Waals surface area contributed by atoms with Crippen LogP contribution in [-0.4, -0.2) is 15.0 Å². The fraction of sp³-hybridized carbons (Fsp3) is 0.176. The molecule has 0 fully saturated rings. The van der Waals surface area contributed by atoms with Crippen LogP contribution in [0.15, 0.2) is 55.1 Å². The third-order valence-corrected chi connectivity index (χ3v) is 4.09. The van der Waals surface area contributed by atoms with Gasteiger partial charge in [-0.1, -0.05) is 24.3 Å². The quantitative estimate of drug-likeness (QED) is 0.766. The van der Waals surface area contributed by atoms with E-state index in [2.05, 4.69) is 39.2 Å². The van der Waals surface area contributed by atoms with Crippen LogP contribution in [0.4, 0.5) is 0 Å². The van der Waals surface area contributed by atoms with E-state index < -0.39 is 0 Å². The Morgan fingerprint density at radius 1 is 1.10 bits per heavy atom. The number of pyridine rings is 1. The van der Waals surface area contributed by atoms with Crippen molar-refractivity contribution >= 4 is 0 Å². The molecule has 3 aromatic rings. The molecule has 0 aliphatic heterocycles. The molecule has 0 spiro atoms. The first-order valence-corrected chi connectivity index (χ1v) is 6.95. The second-order valence-corrected chi connectivity index (χ2v) is 5.18. The Hall–Kier alpha value is -2.42. The van der Waals surface area contributed by atoms with Crippen molar-refractivity contribution in [2.24, 2.45) is 0 Å². The molecule has 0 bridgehead atoms. The fourth-order valence-corrected chi connectivity index (χ4v) is 3.20. The highest BCUT2D eigenvalue weighted by Gasteiger charge is 2.27. The lowest BCUT2D eigenvalue weighted by atomic mass is 9.95. The van der Waals surface area contributed by atoms with Crippen molar-refractivity contribution in [2.75, 3.05) is 0 Å². The lowest BCUT2D eigenvalue weighted by molar-refractivity contribution is 0.741. The summed E-state index contributed by atoms with van der Waals surface area (Å²) in [6.45, 7) is 0. The average Bonchev–Trinajstić information content (AvgIpc) is 3.16. The van der Waals surface area contributed by atoms with Gasteiger partial charge < -0.3 is 4.98 Å². The molecule has 0 radical (unpaired) electrons. The number of H-pyrrole nitrogens is 1. The highest BCUT2D eigenvalue weighted by atomic mass is 14.9. The maximum atomic E-state index is 4.43. The first-order valence-electron chi connectivity index (χ1n) is 6.95. The van der Waals surface area contributed by atoms with Gasteiger partial charge in [0, 0.05) is 36.3 Å². The predicted octanol–water partition coefficient (Wildman–Crippen LogP) is 3.55. The Morgan fingerprint density at radius 3 is 2.90 bits per heavy atom. The number of imidazole rings is 1. The first kappa shape index (κ1) is 11.4. The van der Waals surface area contributed by atoms with E-state index >= 15 is 0 Å². The van der Waals surface area contributed by atoms with Crippen molar-refractivity contribution in [3.8, 4) is 11.1 Å². The molecule has 1 N–H and O–H groups in total. The molecule has 2 aromatic heterocycles. The predicted molar refractivity (Wildman–Crippen MR) is 78.4 cm³/mol. The average molecular weight is 261 g/mol. The topological polar surface area (TPSA) is 41.6 Å². The number of nitrogens with zero attached hydrogens (tertiary/aromatic N) is 2. The summed E-state index contributed by atoms with van der Waals surface area (Å²) in [5, 5.41) is 0. The Labute approximate surface area is 117 Å². The first-order chi connectivity index (χ1) is 9.93. The van der Waals surface area contributed by atoms with E-state index in [1.807, 2.05) is 30.9 Å². The molecular formula is C17H15N3. The van der Waals surface area contributed by atoms with Gasteiger partial charge in [-0.25, -0.2) is 4.98 Å². The summed E-state index contributed by atoms with van der Waals surface area (Å²) in [7, 11) is 0. The van der Waals surface area contributed by atoms with Crippen molar-refractivity contribution in [3.05, 3.63) is 72.1 Å². The van der Waals surface area contributed by atoms with Crippen molar-refractivity contribution < 1.29 is 0 Å². The van der Waals surface area contributed by atoms with Crippen LogP contribution in [0.5, 0.6) is 0 Å². The molecule has 20 heavy (non-hydrogen) atoms. The number of benzene rings is 1. The molecule has 3 heteroatoms. The lowest BCUT2D eigenvalue weighted by Gasteiger charge is -2.11. The zero-order chi connectivity index (χ0) is 13.4. The van der Waals surface area contributed by atoms with Gasteiger partial charge in [-0.3, -0.25) is 4.98 Å². The standard InChI is InChI=1S/C17H15N3/c1-4-13(12-3-2-8-18-11-12)15-6-7-16(14(15)5-1)17-19-9-10-20-17/h1-5,8-11,16H,6-7H2,(H,19,20). The van der Waals surface area contributed by atoms with Gasteiger partial charge in [-0.05, 0) is 35.6 Å². The van der Waals surface area contributed by atoms with Gasteiger partial charge in [0.05, 0.1) is 0 Å². The van der Waals surface area contributed by atoms with Crippen LogP contribution in [0.1, 0.15) is 29.3 Å². The summed E-state index contributed by atoms with van der Waals surface area (Å²) >= 11 is 0. The second-order valence-electron chi connectivity index (χ2n) is 5.18. The Balaban J connectivity index is 1.83. The third-order valence-electron chi connectivity index (χ3n) is 4.09. The maximum absolute atomic E-state index is 4.43. The SMILES string of the molecule is c1cncc(-c2cccc3c2CCC3c2ncc[nH]2)c1. The molecule has 1 aliphatic rings. The maximum Gasteiger partial charge on any atom is 0.113 e. The third kappa shape index (κ3) is 1.74. The number of hydrogen-bond donors (Lipinski definition) is 1. The van der Waals surface area contributed by atoms with Crippen LogP contribution in [0.25, 0.3) is 11.1 Å². The molecule has 1 aromatic carbocycles. The molecule has 3 nitrogen and oxygen atoms in total. The largest absolute Gasteiger partial charge is 0.348 e. The molecule has 98 valence electrons. The lowest BCUT2D eigenvalue weighted by Crippen LogP contribution is -1.98. The summed E-state index contributed by atoms with van der Waals surface area (Å²) in [5.74, 6) is 1.48. The monoisotopic (exact) mass is 261 g/mol.